The summed E-state index contributed by atoms with van der Waals surface area (Å²) in [5.74, 6) is -2.18. The molecule has 10 heteroatoms. The number of hydrogen-bond donors (Lipinski definition) is 3. The average Bonchev–Trinajstić information content (AvgIpc) is 3.01. The predicted molar refractivity (Wildman–Crippen MR) is 98.9 cm³/mol. The number of hydrogen-bond acceptors (Lipinski definition) is 3. The summed E-state index contributed by atoms with van der Waals surface area (Å²) in [7, 11) is 0. The molecule has 2 aromatic heterocycles. The highest BCUT2D eigenvalue weighted by Gasteiger charge is 2.25. The van der Waals surface area contributed by atoms with Crippen molar-refractivity contribution in [3.63, 3.8) is 0 Å². The van der Waals surface area contributed by atoms with Gasteiger partial charge in [-0.3, -0.25) is 4.79 Å². The quantitative estimate of drug-likeness (QED) is 0.387. The molecule has 0 bridgehead atoms. The van der Waals surface area contributed by atoms with Crippen LogP contribution in [0.5, 0.6) is 0 Å². The van der Waals surface area contributed by atoms with Gasteiger partial charge in [-0.05, 0) is 31.0 Å². The third kappa shape index (κ3) is 5.01. The van der Waals surface area contributed by atoms with Crippen LogP contribution in [0, 0.1) is 18.6 Å². The van der Waals surface area contributed by atoms with Gasteiger partial charge >= 0.3 is 6.18 Å². The van der Waals surface area contributed by atoms with E-state index in [4.69, 9.17) is 0 Å². The molecule has 0 fully saturated rings. The molecule has 3 aromatic rings. The summed E-state index contributed by atoms with van der Waals surface area (Å²) in [6.07, 6.45) is -2.50. The first kappa shape index (κ1) is 20.6. The van der Waals surface area contributed by atoms with Crippen LogP contribution in [0.3, 0.4) is 0 Å². The van der Waals surface area contributed by atoms with E-state index >= 15 is 0 Å². The Morgan fingerprint density at radius 3 is 2.59 bits per heavy atom. The molecule has 0 aliphatic carbocycles. The van der Waals surface area contributed by atoms with Crippen LogP contribution in [0.15, 0.2) is 30.6 Å². The van der Waals surface area contributed by atoms with Gasteiger partial charge in [0.2, 0.25) is 0 Å². The summed E-state index contributed by atoms with van der Waals surface area (Å²) >= 11 is 0. The normalized spacial score (nSPS) is 11.7. The second kappa shape index (κ2) is 8.06. The summed E-state index contributed by atoms with van der Waals surface area (Å²) in [5.41, 5.74) is 1.39. The number of carbonyl (C=O) groups is 1. The minimum Gasteiger partial charge on any atom is -0.370 e. The molecule has 3 rings (SSSR count). The second-order valence-corrected chi connectivity index (χ2v) is 6.50. The monoisotopic (exact) mass is 412 g/mol. The lowest BCUT2D eigenvalue weighted by molar-refractivity contribution is -0.134. The van der Waals surface area contributed by atoms with E-state index in [2.05, 4.69) is 20.6 Å². The van der Waals surface area contributed by atoms with E-state index in [1.165, 1.54) is 18.5 Å². The van der Waals surface area contributed by atoms with Crippen LogP contribution >= 0.6 is 0 Å². The van der Waals surface area contributed by atoms with Gasteiger partial charge in [-0.1, -0.05) is 0 Å². The van der Waals surface area contributed by atoms with Gasteiger partial charge in [0.1, 0.15) is 5.82 Å². The van der Waals surface area contributed by atoms with Crippen molar-refractivity contribution in [3.8, 4) is 0 Å². The molecule has 0 aliphatic heterocycles. The molecule has 1 amide bonds. The molecule has 0 aliphatic rings. The van der Waals surface area contributed by atoms with Crippen LogP contribution in [0.2, 0.25) is 0 Å². The molecule has 3 N–H and O–H groups in total. The summed E-state index contributed by atoms with van der Waals surface area (Å²) in [6.45, 7) is 1.76. The van der Waals surface area contributed by atoms with Gasteiger partial charge in [-0.15, -0.1) is 0 Å². The van der Waals surface area contributed by atoms with E-state index in [1.54, 1.807) is 6.92 Å². The van der Waals surface area contributed by atoms with Gasteiger partial charge in [0.05, 0.1) is 16.8 Å². The van der Waals surface area contributed by atoms with Crippen molar-refractivity contribution in [2.45, 2.75) is 25.9 Å². The van der Waals surface area contributed by atoms with Crippen molar-refractivity contribution in [2.24, 2.45) is 0 Å². The zero-order valence-electron chi connectivity index (χ0n) is 15.3. The zero-order valence-corrected chi connectivity index (χ0v) is 15.3. The Bertz CT molecular complexity index is 1040. The summed E-state index contributed by atoms with van der Waals surface area (Å²) in [4.78, 5) is 19.3. The number of pyridine rings is 1. The molecular weight excluding hydrogens is 395 g/mol. The number of halogens is 5. The van der Waals surface area contributed by atoms with E-state index in [0.717, 1.165) is 12.1 Å². The maximum absolute atomic E-state index is 13.5. The molecule has 29 heavy (non-hydrogen) atoms. The van der Waals surface area contributed by atoms with Crippen LogP contribution in [0.1, 0.15) is 28.8 Å². The lowest BCUT2D eigenvalue weighted by Crippen LogP contribution is -2.14. The standard InChI is InChI=1S/C19H17F5N4O/c1-10-5-11(8-27-17(10)25-4-2-3-19(22,23)24)18(29)28-16-9-26-15-7-14(21)13(20)6-12(15)16/h5-9,26H,2-4H2,1H3,(H,25,27)(H,28,29). The second-order valence-electron chi connectivity index (χ2n) is 6.50. The number of aryl methyl sites for hydroxylation is 1. The summed E-state index contributed by atoms with van der Waals surface area (Å²) < 4.78 is 63.3. The molecule has 0 atom stereocenters. The number of rotatable bonds is 6. The minimum atomic E-state index is -4.21. The van der Waals surface area contributed by atoms with E-state index in [1.807, 2.05) is 0 Å². The van der Waals surface area contributed by atoms with Gasteiger partial charge in [-0.25, -0.2) is 13.8 Å². The van der Waals surface area contributed by atoms with E-state index in [9.17, 15) is 26.7 Å². The first-order valence-corrected chi connectivity index (χ1v) is 8.69. The van der Waals surface area contributed by atoms with Crippen molar-refractivity contribution in [1.82, 2.24) is 9.97 Å². The van der Waals surface area contributed by atoms with Crippen LogP contribution < -0.4 is 10.6 Å². The maximum atomic E-state index is 13.5. The fraction of sp³-hybridized carbons (Fsp3) is 0.263. The zero-order chi connectivity index (χ0) is 21.2. The minimum absolute atomic E-state index is 0.0927. The third-order valence-corrected chi connectivity index (χ3v) is 4.24. The van der Waals surface area contributed by atoms with Gasteiger partial charge in [0, 0.05) is 36.8 Å². The molecule has 5 nitrogen and oxygen atoms in total. The third-order valence-electron chi connectivity index (χ3n) is 4.24. The van der Waals surface area contributed by atoms with Gasteiger partial charge < -0.3 is 15.6 Å². The molecule has 0 radical (unpaired) electrons. The number of amides is 1. The Hall–Kier alpha value is -3.17. The van der Waals surface area contributed by atoms with Crippen molar-refractivity contribution in [1.29, 1.82) is 0 Å². The molecule has 0 saturated carbocycles. The van der Waals surface area contributed by atoms with Crippen LogP contribution in [0.25, 0.3) is 10.9 Å². The molecule has 0 saturated heterocycles. The highest BCUT2D eigenvalue weighted by atomic mass is 19.4. The van der Waals surface area contributed by atoms with Crippen molar-refractivity contribution < 1.29 is 26.7 Å². The highest BCUT2D eigenvalue weighted by molar-refractivity contribution is 6.09. The van der Waals surface area contributed by atoms with Crippen molar-refractivity contribution >= 4 is 28.3 Å². The molecule has 154 valence electrons. The number of nitrogens with zero attached hydrogens (tertiary/aromatic N) is 1. The number of aromatic nitrogens is 2. The molecular formula is C19H17F5N4O. The number of nitrogens with one attached hydrogen (secondary N) is 3. The molecule has 1 aromatic carbocycles. The Labute approximate surface area is 162 Å². The van der Waals surface area contributed by atoms with E-state index < -0.39 is 30.1 Å². The van der Waals surface area contributed by atoms with Gasteiger partial charge in [-0.2, -0.15) is 13.2 Å². The smallest absolute Gasteiger partial charge is 0.370 e. The number of alkyl halides is 3. The molecule has 2 heterocycles. The topological polar surface area (TPSA) is 69.8 Å². The Morgan fingerprint density at radius 1 is 1.17 bits per heavy atom. The number of aromatic amines is 1. The first-order chi connectivity index (χ1) is 13.6. The van der Waals surface area contributed by atoms with Gasteiger partial charge in [0.15, 0.2) is 11.6 Å². The van der Waals surface area contributed by atoms with Crippen molar-refractivity contribution in [3.05, 3.63) is 53.4 Å². The predicted octanol–water partition coefficient (Wildman–Crippen LogP) is 5.16. The highest BCUT2D eigenvalue weighted by Crippen LogP contribution is 2.26. The van der Waals surface area contributed by atoms with Crippen LogP contribution in [0.4, 0.5) is 33.5 Å². The molecule has 0 spiro atoms. The largest absolute Gasteiger partial charge is 0.389 e. The number of fused-ring (bicyclic) bond motifs is 1. The Morgan fingerprint density at radius 2 is 1.90 bits per heavy atom. The van der Waals surface area contributed by atoms with Crippen molar-refractivity contribution in [2.75, 3.05) is 17.2 Å². The maximum Gasteiger partial charge on any atom is 0.389 e. The van der Waals surface area contributed by atoms with E-state index in [-0.39, 0.29) is 24.2 Å². The number of anilines is 2. The SMILES string of the molecule is Cc1cc(C(=O)Nc2c[nH]c3cc(F)c(F)cc23)cnc1NCCCC(F)(F)F. The van der Waals surface area contributed by atoms with Gasteiger partial charge in [0.25, 0.3) is 5.91 Å². The summed E-state index contributed by atoms with van der Waals surface area (Å²) in [5, 5.41) is 5.72. The lowest BCUT2D eigenvalue weighted by atomic mass is 10.1. The number of carbonyl (C=O) groups excluding carboxylic acids is 1. The van der Waals surface area contributed by atoms with E-state index in [0.29, 0.717) is 22.3 Å². The number of H-pyrrole nitrogens is 1. The summed E-state index contributed by atoms with van der Waals surface area (Å²) in [6, 6.07) is 3.50. The fourth-order valence-corrected chi connectivity index (χ4v) is 2.79. The molecule has 0 unspecified atom stereocenters. The van der Waals surface area contributed by atoms with Crippen LogP contribution in [-0.2, 0) is 0 Å². The lowest BCUT2D eigenvalue weighted by Gasteiger charge is -2.11. The van der Waals surface area contributed by atoms with Crippen LogP contribution in [-0.4, -0.2) is 28.6 Å². The Balaban J connectivity index is 1.67. The first-order valence-electron chi connectivity index (χ1n) is 8.69. The average molecular weight is 412 g/mol. The Kier molecular flexibility index (Phi) is 5.71. The fourth-order valence-electron chi connectivity index (χ4n) is 2.79. The number of benzene rings is 1.